The van der Waals surface area contributed by atoms with Crippen molar-refractivity contribution in [1.29, 1.82) is 0 Å². The Morgan fingerprint density at radius 1 is 1.28 bits per heavy atom. The maximum atomic E-state index is 13.3. The van der Waals surface area contributed by atoms with Crippen molar-refractivity contribution in [3.63, 3.8) is 0 Å². The standard InChI is InChI=1S/C20H26BrNO3/c1-12(2)16-10-9-13(3)11-20(16)22(18(23)14(4)21)19(24)15-7-5-6-8-17(15)25-20/h5-8,12-14,16H,9-11H2,1-4H3/t13-,14+,16+,20+/m1/s1. The van der Waals surface area contributed by atoms with Gasteiger partial charge in [0.1, 0.15) is 5.75 Å². The quantitative estimate of drug-likeness (QED) is 0.671. The van der Waals surface area contributed by atoms with Crippen molar-refractivity contribution >= 4 is 27.7 Å². The zero-order chi connectivity index (χ0) is 18.4. The Kier molecular flexibility index (Phi) is 4.97. The Bertz CT molecular complexity index is 687. The van der Waals surface area contributed by atoms with Crippen LogP contribution in [0.4, 0.5) is 0 Å². The molecule has 136 valence electrons. The first kappa shape index (κ1) is 18.4. The van der Waals surface area contributed by atoms with Crippen LogP contribution < -0.4 is 4.74 Å². The van der Waals surface area contributed by atoms with Gasteiger partial charge in [-0.05, 0) is 43.7 Å². The van der Waals surface area contributed by atoms with Crippen LogP contribution in [-0.4, -0.2) is 27.3 Å². The van der Waals surface area contributed by atoms with E-state index in [1.165, 1.54) is 4.90 Å². The van der Waals surface area contributed by atoms with Crippen molar-refractivity contribution in [2.75, 3.05) is 0 Å². The predicted octanol–water partition coefficient (Wildman–Crippen LogP) is 4.62. The lowest BCUT2D eigenvalue weighted by Crippen LogP contribution is -2.68. The number of halogens is 1. The maximum absolute atomic E-state index is 13.3. The molecule has 4 nitrogen and oxygen atoms in total. The minimum absolute atomic E-state index is 0.121. The van der Waals surface area contributed by atoms with Crippen molar-refractivity contribution in [2.24, 2.45) is 17.8 Å². The fraction of sp³-hybridized carbons (Fsp3) is 0.600. The van der Waals surface area contributed by atoms with Crippen LogP contribution >= 0.6 is 15.9 Å². The number of carbonyl (C=O) groups excluding carboxylic acids is 2. The van der Waals surface area contributed by atoms with Gasteiger partial charge >= 0.3 is 0 Å². The number of nitrogens with zero attached hydrogens (tertiary/aromatic N) is 1. The van der Waals surface area contributed by atoms with E-state index < -0.39 is 10.6 Å². The number of carbonyl (C=O) groups is 2. The zero-order valence-electron chi connectivity index (χ0n) is 15.3. The average molecular weight is 408 g/mol. The lowest BCUT2D eigenvalue weighted by molar-refractivity contribution is -0.175. The summed E-state index contributed by atoms with van der Waals surface area (Å²) >= 11 is 3.37. The molecule has 1 aromatic rings. The van der Waals surface area contributed by atoms with Gasteiger partial charge in [0.2, 0.25) is 5.91 Å². The number of fused-ring (bicyclic) bond motifs is 1. The molecule has 0 bridgehead atoms. The minimum atomic E-state index is -0.892. The number of alkyl halides is 1. The number of imide groups is 1. The fourth-order valence-corrected chi connectivity index (χ4v) is 4.60. The Hall–Kier alpha value is -1.36. The van der Waals surface area contributed by atoms with Crippen LogP contribution in [0, 0.1) is 17.8 Å². The number of ether oxygens (including phenoxy) is 1. The molecule has 1 aliphatic carbocycles. The molecule has 1 aliphatic heterocycles. The van der Waals surface area contributed by atoms with Crippen molar-refractivity contribution in [2.45, 2.75) is 57.5 Å². The highest BCUT2D eigenvalue weighted by molar-refractivity contribution is 9.10. The molecule has 0 saturated heterocycles. The summed E-state index contributed by atoms with van der Waals surface area (Å²) in [7, 11) is 0. The van der Waals surface area contributed by atoms with Gasteiger partial charge in [-0.15, -0.1) is 0 Å². The maximum Gasteiger partial charge on any atom is 0.267 e. The summed E-state index contributed by atoms with van der Waals surface area (Å²) < 4.78 is 6.52. The summed E-state index contributed by atoms with van der Waals surface area (Å²) in [5, 5.41) is 0. The number of benzene rings is 1. The van der Waals surface area contributed by atoms with E-state index in [4.69, 9.17) is 4.74 Å². The molecule has 5 heteroatoms. The van der Waals surface area contributed by atoms with Gasteiger partial charge in [0.05, 0.1) is 10.4 Å². The van der Waals surface area contributed by atoms with Crippen LogP contribution in [0.5, 0.6) is 5.75 Å². The monoisotopic (exact) mass is 407 g/mol. The number of hydrogen-bond donors (Lipinski definition) is 0. The lowest BCUT2D eigenvalue weighted by Gasteiger charge is -2.54. The Morgan fingerprint density at radius 2 is 1.96 bits per heavy atom. The van der Waals surface area contributed by atoms with Gasteiger partial charge in [-0.2, -0.15) is 0 Å². The van der Waals surface area contributed by atoms with E-state index in [1.807, 2.05) is 18.2 Å². The summed E-state index contributed by atoms with van der Waals surface area (Å²) in [6.07, 6.45) is 2.73. The Labute approximate surface area is 158 Å². The summed E-state index contributed by atoms with van der Waals surface area (Å²) in [6, 6.07) is 7.26. The largest absolute Gasteiger partial charge is 0.466 e. The molecule has 0 N–H and O–H groups in total. The van der Waals surface area contributed by atoms with E-state index in [1.54, 1.807) is 13.0 Å². The minimum Gasteiger partial charge on any atom is -0.466 e. The first-order valence-electron chi connectivity index (χ1n) is 9.08. The summed E-state index contributed by atoms with van der Waals surface area (Å²) in [5.41, 5.74) is -0.425. The SMILES string of the molecule is CC(C)[C@@H]1CC[C@@H](C)C[C@]12Oc1ccccc1C(=O)N2C(=O)[C@H](C)Br. The molecular weight excluding hydrogens is 382 g/mol. The molecule has 0 unspecified atom stereocenters. The van der Waals surface area contributed by atoms with Crippen LogP contribution in [0.2, 0.25) is 0 Å². The zero-order valence-corrected chi connectivity index (χ0v) is 16.9. The number of rotatable bonds is 2. The van der Waals surface area contributed by atoms with Crippen molar-refractivity contribution in [3.8, 4) is 5.75 Å². The third-order valence-electron chi connectivity index (χ3n) is 5.54. The molecule has 1 aromatic carbocycles. The Morgan fingerprint density at radius 3 is 2.60 bits per heavy atom. The molecule has 1 saturated carbocycles. The molecule has 2 amide bonds. The number of hydrogen-bond acceptors (Lipinski definition) is 3. The summed E-state index contributed by atoms with van der Waals surface area (Å²) in [5.74, 6) is 0.965. The van der Waals surface area contributed by atoms with Crippen molar-refractivity contribution in [1.82, 2.24) is 4.90 Å². The molecule has 1 fully saturated rings. The normalized spacial score (nSPS) is 30.2. The molecule has 1 spiro atoms. The number of para-hydroxylation sites is 1. The Balaban J connectivity index is 2.19. The van der Waals surface area contributed by atoms with E-state index in [2.05, 4.69) is 36.7 Å². The molecule has 0 aromatic heterocycles. The van der Waals surface area contributed by atoms with Crippen LogP contribution in [-0.2, 0) is 4.79 Å². The van der Waals surface area contributed by atoms with Gasteiger partial charge < -0.3 is 4.74 Å². The second-order valence-electron chi connectivity index (χ2n) is 7.77. The van der Waals surface area contributed by atoms with E-state index in [0.717, 1.165) is 12.8 Å². The average Bonchev–Trinajstić information content (AvgIpc) is 2.54. The first-order chi connectivity index (χ1) is 11.8. The van der Waals surface area contributed by atoms with E-state index in [0.29, 0.717) is 29.6 Å². The van der Waals surface area contributed by atoms with Crippen LogP contribution in [0.3, 0.4) is 0 Å². The molecule has 2 aliphatic rings. The van der Waals surface area contributed by atoms with E-state index in [9.17, 15) is 9.59 Å². The molecular formula is C20H26BrNO3. The fourth-order valence-electron chi connectivity index (χ4n) is 4.40. The molecule has 3 rings (SSSR count). The van der Waals surface area contributed by atoms with Crippen LogP contribution in [0.1, 0.15) is 57.3 Å². The third kappa shape index (κ3) is 3.01. The topological polar surface area (TPSA) is 46.6 Å². The van der Waals surface area contributed by atoms with Crippen LogP contribution in [0.25, 0.3) is 0 Å². The lowest BCUT2D eigenvalue weighted by atomic mass is 9.69. The van der Waals surface area contributed by atoms with Gasteiger partial charge in [-0.3, -0.25) is 9.59 Å². The summed E-state index contributed by atoms with van der Waals surface area (Å²) in [4.78, 5) is 27.3. The van der Waals surface area contributed by atoms with E-state index in [-0.39, 0.29) is 17.7 Å². The number of amides is 2. The van der Waals surface area contributed by atoms with Crippen molar-refractivity contribution in [3.05, 3.63) is 29.8 Å². The van der Waals surface area contributed by atoms with Gasteiger partial charge in [0.25, 0.3) is 5.91 Å². The first-order valence-corrected chi connectivity index (χ1v) is 10.00. The molecule has 4 atom stereocenters. The predicted molar refractivity (Wildman–Crippen MR) is 101 cm³/mol. The van der Waals surface area contributed by atoms with Gasteiger partial charge in [-0.1, -0.05) is 48.8 Å². The highest BCUT2D eigenvalue weighted by atomic mass is 79.9. The third-order valence-corrected chi connectivity index (χ3v) is 5.93. The molecule has 1 heterocycles. The van der Waals surface area contributed by atoms with Gasteiger partial charge in [0.15, 0.2) is 5.72 Å². The van der Waals surface area contributed by atoms with Gasteiger partial charge in [-0.25, -0.2) is 4.90 Å². The van der Waals surface area contributed by atoms with Crippen LogP contribution in [0.15, 0.2) is 24.3 Å². The van der Waals surface area contributed by atoms with Crippen molar-refractivity contribution < 1.29 is 14.3 Å². The summed E-state index contributed by atoms with van der Waals surface area (Å²) in [6.45, 7) is 8.24. The van der Waals surface area contributed by atoms with E-state index >= 15 is 0 Å². The molecule has 25 heavy (non-hydrogen) atoms. The highest BCUT2D eigenvalue weighted by Crippen LogP contribution is 2.49. The molecule has 0 radical (unpaired) electrons. The van der Waals surface area contributed by atoms with Gasteiger partial charge in [0, 0.05) is 12.3 Å². The second-order valence-corrected chi connectivity index (χ2v) is 9.15. The highest BCUT2D eigenvalue weighted by Gasteiger charge is 2.57. The second kappa shape index (κ2) is 6.75. The smallest absolute Gasteiger partial charge is 0.267 e.